The van der Waals surface area contributed by atoms with E-state index in [1.165, 1.54) is 36.5 Å². The number of nitrogens with zero attached hydrogens (tertiary/aromatic N) is 2. The van der Waals surface area contributed by atoms with Crippen LogP contribution in [0.1, 0.15) is 52.4 Å². The van der Waals surface area contributed by atoms with Gasteiger partial charge in [0.15, 0.2) is 0 Å². The average Bonchev–Trinajstić information content (AvgIpc) is 3.41. The molecule has 0 saturated heterocycles. The lowest BCUT2D eigenvalue weighted by atomic mass is 10.1. The molecule has 0 unspecified atom stereocenters. The molecule has 28 heavy (non-hydrogen) atoms. The Balaban J connectivity index is 1.67. The molecule has 0 radical (unpaired) electrons. The lowest BCUT2D eigenvalue weighted by Crippen LogP contribution is -2.13. The average molecular weight is 398 g/mol. The Kier molecular flexibility index (Phi) is 4.58. The van der Waals surface area contributed by atoms with Crippen LogP contribution in [0, 0.1) is 19.7 Å². The highest BCUT2D eigenvalue weighted by Crippen LogP contribution is 2.40. The zero-order chi connectivity index (χ0) is 20.0. The van der Waals surface area contributed by atoms with Gasteiger partial charge in [-0.3, -0.25) is 9.59 Å². The summed E-state index contributed by atoms with van der Waals surface area (Å²) < 4.78 is 14.2. The van der Waals surface area contributed by atoms with Crippen LogP contribution in [-0.2, 0) is 4.79 Å². The van der Waals surface area contributed by atoms with Gasteiger partial charge >= 0.3 is 0 Å². The maximum absolute atomic E-state index is 14.2. The first-order valence-electron chi connectivity index (χ1n) is 8.99. The van der Waals surface area contributed by atoms with Gasteiger partial charge in [0, 0.05) is 23.9 Å². The number of benzene rings is 1. The van der Waals surface area contributed by atoms with Crippen molar-refractivity contribution in [1.82, 2.24) is 9.97 Å². The number of anilines is 2. The fraction of sp³-hybridized carbons (Fsp3) is 0.300. The number of carbonyl (C=O) groups is 2. The third-order valence-corrected chi connectivity index (χ3v) is 5.86. The van der Waals surface area contributed by atoms with Crippen molar-refractivity contribution < 1.29 is 14.0 Å². The fourth-order valence-corrected chi connectivity index (χ4v) is 4.32. The highest BCUT2D eigenvalue weighted by atomic mass is 32.1. The van der Waals surface area contributed by atoms with Crippen LogP contribution in [-0.4, -0.2) is 21.8 Å². The van der Waals surface area contributed by atoms with Crippen LogP contribution in [0.15, 0.2) is 18.2 Å². The molecule has 1 aromatic carbocycles. The van der Waals surface area contributed by atoms with E-state index in [1.807, 2.05) is 13.8 Å². The summed E-state index contributed by atoms with van der Waals surface area (Å²) in [7, 11) is 0. The second kappa shape index (κ2) is 6.94. The molecule has 6 nitrogen and oxygen atoms in total. The zero-order valence-corrected chi connectivity index (χ0v) is 16.5. The minimum Gasteiger partial charge on any atom is -0.326 e. The molecule has 2 amide bonds. The first-order valence-corrected chi connectivity index (χ1v) is 9.81. The molecule has 3 aromatic rings. The van der Waals surface area contributed by atoms with Gasteiger partial charge in [0.25, 0.3) is 5.91 Å². The smallest absolute Gasteiger partial charge is 0.266 e. The molecule has 2 aromatic heterocycles. The number of amides is 2. The molecule has 2 N–H and O–H groups in total. The summed E-state index contributed by atoms with van der Waals surface area (Å²) in [4.78, 5) is 34.5. The number of hydrogen-bond donors (Lipinski definition) is 2. The van der Waals surface area contributed by atoms with Crippen LogP contribution in [0.5, 0.6) is 0 Å². The predicted octanol–water partition coefficient (Wildman–Crippen LogP) is 4.54. The molecule has 1 aliphatic rings. The number of hydrogen-bond acceptors (Lipinski definition) is 5. The van der Waals surface area contributed by atoms with Crippen molar-refractivity contribution >= 4 is 44.7 Å². The van der Waals surface area contributed by atoms with E-state index >= 15 is 0 Å². The third kappa shape index (κ3) is 3.47. The Morgan fingerprint density at radius 3 is 2.61 bits per heavy atom. The summed E-state index contributed by atoms with van der Waals surface area (Å²) in [5, 5.41) is 6.07. The van der Waals surface area contributed by atoms with Gasteiger partial charge in [-0.25, -0.2) is 14.4 Å². The van der Waals surface area contributed by atoms with Crippen molar-refractivity contribution in [3.63, 3.8) is 0 Å². The number of halogens is 1. The van der Waals surface area contributed by atoms with Crippen molar-refractivity contribution in [2.45, 2.75) is 39.5 Å². The van der Waals surface area contributed by atoms with Gasteiger partial charge in [0.1, 0.15) is 16.5 Å². The van der Waals surface area contributed by atoms with Crippen LogP contribution in [0.4, 0.5) is 15.8 Å². The van der Waals surface area contributed by atoms with Gasteiger partial charge in [0.2, 0.25) is 5.91 Å². The number of fused-ring (bicyclic) bond motifs is 1. The van der Waals surface area contributed by atoms with E-state index in [0.717, 1.165) is 40.1 Å². The monoisotopic (exact) mass is 398 g/mol. The molecular formula is C20H19FN4O2S. The first-order chi connectivity index (χ1) is 13.3. The quantitative estimate of drug-likeness (QED) is 0.676. The van der Waals surface area contributed by atoms with Crippen LogP contribution in [0.3, 0.4) is 0 Å². The number of carbonyl (C=O) groups excluding carboxylic acids is 2. The highest BCUT2D eigenvalue weighted by molar-refractivity contribution is 7.20. The molecule has 0 bridgehead atoms. The van der Waals surface area contributed by atoms with Crippen LogP contribution in [0.2, 0.25) is 0 Å². The lowest BCUT2D eigenvalue weighted by molar-refractivity contribution is -0.114. The Labute approximate surface area is 165 Å². The van der Waals surface area contributed by atoms with Crippen molar-refractivity contribution in [3.05, 3.63) is 46.0 Å². The Bertz CT molecular complexity index is 1120. The van der Waals surface area contributed by atoms with E-state index in [2.05, 4.69) is 20.6 Å². The van der Waals surface area contributed by atoms with E-state index in [9.17, 15) is 14.0 Å². The number of rotatable bonds is 4. The van der Waals surface area contributed by atoms with Gasteiger partial charge in [-0.05, 0) is 50.5 Å². The van der Waals surface area contributed by atoms with Crippen molar-refractivity contribution in [1.29, 1.82) is 0 Å². The number of nitrogens with one attached hydrogen (secondary N) is 2. The molecule has 144 valence electrons. The van der Waals surface area contributed by atoms with Gasteiger partial charge in [-0.1, -0.05) is 0 Å². The number of aromatic nitrogens is 2. The summed E-state index contributed by atoms with van der Waals surface area (Å²) >= 11 is 1.29. The number of aryl methyl sites for hydroxylation is 2. The lowest BCUT2D eigenvalue weighted by Gasteiger charge is -2.09. The molecule has 0 aliphatic heterocycles. The van der Waals surface area contributed by atoms with Gasteiger partial charge < -0.3 is 10.6 Å². The Hall–Kier alpha value is -2.87. The Morgan fingerprint density at radius 2 is 1.93 bits per heavy atom. The molecule has 0 spiro atoms. The summed E-state index contributed by atoms with van der Waals surface area (Å²) in [6.07, 6.45) is 2.21. The predicted molar refractivity (Wildman–Crippen MR) is 108 cm³/mol. The van der Waals surface area contributed by atoms with Crippen LogP contribution < -0.4 is 10.6 Å². The minimum atomic E-state index is -0.576. The number of thiophene rings is 1. The normalized spacial score (nSPS) is 13.6. The molecule has 1 fully saturated rings. The van der Waals surface area contributed by atoms with Crippen molar-refractivity contribution in [2.24, 2.45) is 0 Å². The SMILES string of the molecule is CC(=O)Nc1ccc(F)c(NC(=O)c2sc3nc(C4CC4)nc(C)c3c2C)c1. The van der Waals surface area contributed by atoms with E-state index in [1.54, 1.807) is 0 Å². The van der Waals surface area contributed by atoms with Gasteiger partial charge in [0.05, 0.1) is 16.3 Å². The van der Waals surface area contributed by atoms with Crippen molar-refractivity contribution in [3.8, 4) is 0 Å². The molecule has 1 saturated carbocycles. The third-order valence-electron chi connectivity index (χ3n) is 4.67. The van der Waals surface area contributed by atoms with E-state index < -0.39 is 11.7 Å². The van der Waals surface area contributed by atoms with E-state index in [0.29, 0.717) is 16.5 Å². The zero-order valence-electron chi connectivity index (χ0n) is 15.7. The standard InChI is InChI=1S/C20H19FN4O2S/c1-9-16-10(2)22-18(12-4-5-12)25-20(16)28-17(9)19(27)24-15-8-13(23-11(3)26)6-7-14(15)21/h6-8,12H,4-5H2,1-3H3,(H,23,26)(H,24,27). The maximum atomic E-state index is 14.2. The second-order valence-corrected chi connectivity index (χ2v) is 8.01. The van der Waals surface area contributed by atoms with Crippen LogP contribution >= 0.6 is 11.3 Å². The van der Waals surface area contributed by atoms with Gasteiger partial charge in [-0.15, -0.1) is 11.3 Å². The van der Waals surface area contributed by atoms with Crippen LogP contribution in [0.25, 0.3) is 10.2 Å². The van der Waals surface area contributed by atoms with E-state index in [4.69, 9.17) is 0 Å². The molecule has 4 rings (SSSR count). The molecule has 2 heterocycles. The second-order valence-electron chi connectivity index (χ2n) is 7.01. The summed E-state index contributed by atoms with van der Waals surface area (Å²) in [6, 6.07) is 4.04. The topological polar surface area (TPSA) is 84.0 Å². The van der Waals surface area contributed by atoms with E-state index in [-0.39, 0.29) is 11.6 Å². The largest absolute Gasteiger partial charge is 0.326 e. The fourth-order valence-electron chi connectivity index (χ4n) is 3.18. The summed E-state index contributed by atoms with van der Waals surface area (Å²) in [5.41, 5.74) is 2.07. The molecule has 1 aliphatic carbocycles. The minimum absolute atomic E-state index is 0.00887. The summed E-state index contributed by atoms with van der Waals surface area (Å²) in [5.74, 6) is 0.00497. The molecule has 8 heteroatoms. The Morgan fingerprint density at radius 1 is 1.18 bits per heavy atom. The van der Waals surface area contributed by atoms with Crippen molar-refractivity contribution in [2.75, 3.05) is 10.6 Å². The maximum Gasteiger partial charge on any atom is 0.266 e. The highest BCUT2D eigenvalue weighted by Gasteiger charge is 2.28. The first kappa shape index (κ1) is 18.5. The summed E-state index contributed by atoms with van der Waals surface area (Å²) in [6.45, 7) is 5.14. The molecule has 0 atom stereocenters. The molecular weight excluding hydrogens is 379 g/mol. The van der Waals surface area contributed by atoms with Gasteiger partial charge in [-0.2, -0.15) is 0 Å².